The molecule has 1 saturated carbocycles. The van der Waals surface area contributed by atoms with Gasteiger partial charge in [-0.05, 0) is 49.2 Å². The summed E-state index contributed by atoms with van der Waals surface area (Å²) in [6.45, 7) is 1.48. The number of ether oxygens (including phenoxy) is 4. The molecule has 2 aromatic rings. The fourth-order valence-electron chi connectivity index (χ4n) is 4.14. The summed E-state index contributed by atoms with van der Waals surface area (Å²) in [5, 5.41) is 7.49. The number of benzene rings is 2. The number of hydrogen-bond acceptors (Lipinski definition) is 6. The molecule has 0 aromatic heterocycles. The third-order valence-corrected chi connectivity index (χ3v) is 5.85. The highest BCUT2D eigenvalue weighted by atomic mass is 16.5. The number of rotatable bonds is 10. The standard InChI is InChI=1S/C24H34N2O4/c1-27-19-9-11-23(29-3)17(13-19)15-25-21-7-5-6-8-22(21)26-16-18-14-20(28-2)10-12-24(18)30-4/h9-14,21-22,25-26H,5-8,15-16H2,1-4H3/t21-,22-/m0/s1. The Labute approximate surface area is 179 Å². The summed E-state index contributed by atoms with van der Waals surface area (Å²) in [7, 11) is 6.79. The molecule has 6 nitrogen and oxygen atoms in total. The minimum atomic E-state index is 0.395. The average Bonchev–Trinajstić information content (AvgIpc) is 2.81. The second-order valence-electron chi connectivity index (χ2n) is 7.61. The van der Waals surface area contributed by atoms with Gasteiger partial charge in [0.05, 0.1) is 28.4 Å². The average molecular weight is 415 g/mol. The molecule has 164 valence electrons. The molecule has 3 rings (SSSR count). The summed E-state index contributed by atoms with van der Waals surface area (Å²) in [5.74, 6) is 3.45. The van der Waals surface area contributed by atoms with E-state index in [2.05, 4.69) is 10.6 Å². The Bertz CT molecular complexity index is 744. The largest absolute Gasteiger partial charge is 0.497 e. The first-order chi connectivity index (χ1) is 14.7. The molecule has 0 unspecified atom stereocenters. The SMILES string of the molecule is COc1ccc(OC)c(CN[C@H]2CCCC[C@@H]2NCc2cc(OC)ccc2OC)c1. The summed E-state index contributed by atoms with van der Waals surface area (Å²) in [6.07, 6.45) is 4.79. The van der Waals surface area contributed by atoms with Gasteiger partial charge in [-0.3, -0.25) is 0 Å². The maximum Gasteiger partial charge on any atom is 0.123 e. The summed E-state index contributed by atoms with van der Waals surface area (Å²) >= 11 is 0. The van der Waals surface area contributed by atoms with Crippen LogP contribution in [0.4, 0.5) is 0 Å². The van der Waals surface area contributed by atoms with Crippen molar-refractivity contribution in [3.63, 3.8) is 0 Å². The van der Waals surface area contributed by atoms with Crippen LogP contribution in [0, 0.1) is 0 Å². The maximum atomic E-state index is 5.53. The van der Waals surface area contributed by atoms with Crippen molar-refractivity contribution in [3.05, 3.63) is 47.5 Å². The van der Waals surface area contributed by atoms with Crippen LogP contribution >= 0.6 is 0 Å². The number of nitrogens with one attached hydrogen (secondary N) is 2. The fraction of sp³-hybridized carbons (Fsp3) is 0.500. The zero-order valence-electron chi connectivity index (χ0n) is 18.5. The molecule has 2 N–H and O–H groups in total. The van der Waals surface area contributed by atoms with Gasteiger partial charge >= 0.3 is 0 Å². The van der Waals surface area contributed by atoms with Gasteiger partial charge in [-0.2, -0.15) is 0 Å². The van der Waals surface area contributed by atoms with Gasteiger partial charge in [0, 0.05) is 36.3 Å². The van der Waals surface area contributed by atoms with Gasteiger partial charge in [0.15, 0.2) is 0 Å². The van der Waals surface area contributed by atoms with E-state index in [-0.39, 0.29) is 0 Å². The van der Waals surface area contributed by atoms with Crippen LogP contribution in [-0.4, -0.2) is 40.5 Å². The second-order valence-corrected chi connectivity index (χ2v) is 7.61. The highest BCUT2D eigenvalue weighted by Gasteiger charge is 2.25. The van der Waals surface area contributed by atoms with Crippen LogP contribution in [0.3, 0.4) is 0 Å². The van der Waals surface area contributed by atoms with Crippen LogP contribution in [0.25, 0.3) is 0 Å². The summed E-state index contributed by atoms with van der Waals surface area (Å²) < 4.78 is 21.8. The van der Waals surface area contributed by atoms with E-state index in [1.54, 1.807) is 28.4 Å². The van der Waals surface area contributed by atoms with Gasteiger partial charge in [0.1, 0.15) is 23.0 Å². The fourth-order valence-corrected chi connectivity index (χ4v) is 4.14. The molecule has 0 amide bonds. The third-order valence-electron chi connectivity index (χ3n) is 5.85. The normalized spacial score (nSPS) is 18.7. The highest BCUT2D eigenvalue weighted by molar-refractivity contribution is 5.41. The molecule has 0 saturated heterocycles. The van der Waals surface area contributed by atoms with Crippen LogP contribution in [-0.2, 0) is 13.1 Å². The van der Waals surface area contributed by atoms with Crippen molar-refractivity contribution < 1.29 is 18.9 Å². The van der Waals surface area contributed by atoms with Gasteiger partial charge < -0.3 is 29.6 Å². The lowest BCUT2D eigenvalue weighted by molar-refractivity contribution is 0.278. The van der Waals surface area contributed by atoms with Crippen molar-refractivity contribution in [2.24, 2.45) is 0 Å². The summed E-state index contributed by atoms with van der Waals surface area (Å²) in [4.78, 5) is 0. The Kier molecular flexibility index (Phi) is 8.22. The summed E-state index contributed by atoms with van der Waals surface area (Å²) in [6, 6.07) is 12.6. The minimum absolute atomic E-state index is 0.395. The van der Waals surface area contributed by atoms with Crippen molar-refractivity contribution in [2.75, 3.05) is 28.4 Å². The van der Waals surface area contributed by atoms with E-state index in [1.165, 1.54) is 12.8 Å². The molecular weight excluding hydrogens is 380 g/mol. The molecule has 0 heterocycles. The quantitative estimate of drug-likeness (QED) is 0.615. The van der Waals surface area contributed by atoms with Gasteiger partial charge in [0.2, 0.25) is 0 Å². The van der Waals surface area contributed by atoms with Crippen molar-refractivity contribution >= 4 is 0 Å². The van der Waals surface area contributed by atoms with Crippen LogP contribution in [0.5, 0.6) is 23.0 Å². The van der Waals surface area contributed by atoms with Crippen LogP contribution in [0.1, 0.15) is 36.8 Å². The molecule has 1 aliphatic rings. The zero-order valence-corrected chi connectivity index (χ0v) is 18.5. The van der Waals surface area contributed by atoms with E-state index < -0.39 is 0 Å². The molecular formula is C24H34N2O4. The van der Waals surface area contributed by atoms with E-state index in [4.69, 9.17) is 18.9 Å². The minimum Gasteiger partial charge on any atom is -0.497 e. The summed E-state index contributed by atoms with van der Waals surface area (Å²) in [5.41, 5.74) is 2.21. The van der Waals surface area contributed by atoms with Crippen LogP contribution < -0.4 is 29.6 Å². The number of hydrogen-bond donors (Lipinski definition) is 2. The lowest BCUT2D eigenvalue weighted by atomic mass is 9.90. The Morgan fingerprint density at radius 1 is 0.667 bits per heavy atom. The molecule has 0 bridgehead atoms. The predicted molar refractivity (Wildman–Crippen MR) is 119 cm³/mol. The Morgan fingerprint density at radius 2 is 1.10 bits per heavy atom. The van der Waals surface area contributed by atoms with E-state index in [0.717, 1.165) is 60.1 Å². The molecule has 6 heteroatoms. The third kappa shape index (κ3) is 5.58. The van der Waals surface area contributed by atoms with E-state index >= 15 is 0 Å². The van der Waals surface area contributed by atoms with Gasteiger partial charge in [-0.1, -0.05) is 12.8 Å². The second kappa shape index (κ2) is 11.1. The monoisotopic (exact) mass is 414 g/mol. The van der Waals surface area contributed by atoms with Crippen LogP contribution in [0.15, 0.2) is 36.4 Å². The predicted octanol–water partition coefficient (Wildman–Crippen LogP) is 3.91. The molecule has 0 radical (unpaired) electrons. The smallest absolute Gasteiger partial charge is 0.123 e. The molecule has 0 spiro atoms. The van der Waals surface area contributed by atoms with Gasteiger partial charge in [-0.25, -0.2) is 0 Å². The lowest BCUT2D eigenvalue weighted by Crippen LogP contribution is -2.49. The molecule has 1 fully saturated rings. The number of methoxy groups -OCH3 is 4. The highest BCUT2D eigenvalue weighted by Crippen LogP contribution is 2.27. The zero-order chi connectivity index (χ0) is 21.3. The van der Waals surface area contributed by atoms with Crippen molar-refractivity contribution in [1.29, 1.82) is 0 Å². The maximum absolute atomic E-state index is 5.53. The molecule has 2 atom stereocenters. The first-order valence-electron chi connectivity index (χ1n) is 10.6. The van der Waals surface area contributed by atoms with E-state index in [0.29, 0.717) is 12.1 Å². The van der Waals surface area contributed by atoms with E-state index in [9.17, 15) is 0 Å². The van der Waals surface area contributed by atoms with Crippen molar-refractivity contribution in [2.45, 2.75) is 50.9 Å². The Hall–Kier alpha value is -2.44. The van der Waals surface area contributed by atoms with Crippen molar-refractivity contribution in [1.82, 2.24) is 10.6 Å². The van der Waals surface area contributed by atoms with Crippen molar-refractivity contribution in [3.8, 4) is 23.0 Å². The van der Waals surface area contributed by atoms with E-state index in [1.807, 2.05) is 36.4 Å². The molecule has 30 heavy (non-hydrogen) atoms. The molecule has 2 aromatic carbocycles. The van der Waals surface area contributed by atoms with Gasteiger partial charge in [-0.15, -0.1) is 0 Å². The topological polar surface area (TPSA) is 61.0 Å². The van der Waals surface area contributed by atoms with Crippen LogP contribution in [0.2, 0.25) is 0 Å². The molecule has 1 aliphatic carbocycles. The Morgan fingerprint density at radius 3 is 1.47 bits per heavy atom. The molecule has 0 aliphatic heterocycles. The first kappa shape index (κ1) is 22.2. The Balaban J connectivity index is 1.65. The lowest BCUT2D eigenvalue weighted by Gasteiger charge is -2.33. The first-order valence-corrected chi connectivity index (χ1v) is 10.6. The van der Waals surface area contributed by atoms with Gasteiger partial charge in [0.25, 0.3) is 0 Å².